The van der Waals surface area contributed by atoms with Crippen LogP contribution in [0.4, 0.5) is 0 Å². The van der Waals surface area contributed by atoms with Crippen molar-refractivity contribution in [1.29, 1.82) is 0 Å². The quantitative estimate of drug-likeness (QED) is 0.672. The van der Waals surface area contributed by atoms with E-state index in [1.165, 1.54) is 6.92 Å². The fraction of sp³-hybridized carbons (Fsp3) is 0.778. The Morgan fingerprint density at radius 2 is 2.38 bits per heavy atom. The van der Waals surface area contributed by atoms with E-state index in [2.05, 4.69) is 0 Å². The number of carboxylic acids is 1. The maximum Gasteiger partial charge on any atom is 0.347 e. The topological polar surface area (TPSA) is 63.6 Å². The maximum absolute atomic E-state index is 11.2. The van der Waals surface area contributed by atoms with Gasteiger partial charge in [-0.15, -0.1) is 0 Å². The number of carboxylic acid groups (broad SMARTS) is 1. The Labute approximate surface area is 76.9 Å². The summed E-state index contributed by atoms with van der Waals surface area (Å²) in [4.78, 5) is 21.9. The summed E-state index contributed by atoms with van der Waals surface area (Å²) >= 11 is 0. The highest BCUT2D eigenvalue weighted by molar-refractivity contribution is 5.86. The molecule has 1 rings (SSSR count). The van der Waals surface area contributed by atoms with E-state index in [9.17, 15) is 9.59 Å². The molecule has 0 saturated carbocycles. The lowest BCUT2D eigenvalue weighted by atomic mass is 9.93. The predicted octanol–water partition coefficient (Wildman–Crippen LogP) is 1.19. The monoisotopic (exact) mass is 186 g/mol. The van der Waals surface area contributed by atoms with Crippen molar-refractivity contribution in [2.75, 3.05) is 0 Å². The van der Waals surface area contributed by atoms with Crippen LogP contribution in [0, 0.1) is 5.92 Å². The van der Waals surface area contributed by atoms with Gasteiger partial charge in [-0.05, 0) is 13.3 Å². The normalized spacial score (nSPS) is 33.1. The smallest absolute Gasteiger partial charge is 0.347 e. The molecule has 74 valence electrons. The Morgan fingerprint density at radius 3 is 2.77 bits per heavy atom. The van der Waals surface area contributed by atoms with E-state index in [1.54, 1.807) is 0 Å². The molecule has 1 saturated heterocycles. The van der Waals surface area contributed by atoms with Crippen LogP contribution in [0.25, 0.3) is 0 Å². The summed E-state index contributed by atoms with van der Waals surface area (Å²) in [7, 11) is 0. The fourth-order valence-electron chi connectivity index (χ4n) is 1.60. The number of ether oxygens (including phenoxy) is 1. The van der Waals surface area contributed by atoms with Crippen molar-refractivity contribution in [2.45, 2.75) is 38.7 Å². The van der Waals surface area contributed by atoms with Crippen LogP contribution < -0.4 is 0 Å². The van der Waals surface area contributed by atoms with Crippen LogP contribution in [-0.4, -0.2) is 22.6 Å². The molecule has 2 atom stereocenters. The first kappa shape index (κ1) is 10.0. The highest BCUT2D eigenvalue weighted by atomic mass is 16.6. The Bertz CT molecular complexity index is 236. The molecular formula is C9H14O4. The lowest BCUT2D eigenvalue weighted by Crippen LogP contribution is -2.34. The molecule has 0 aromatic rings. The summed E-state index contributed by atoms with van der Waals surface area (Å²) in [5, 5.41) is 8.80. The first-order chi connectivity index (χ1) is 5.99. The summed E-state index contributed by atoms with van der Waals surface area (Å²) in [6.45, 7) is 3.41. The highest BCUT2D eigenvalue weighted by Crippen LogP contribution is 2.33. The van der Waals surface area contributed by atoms with Crippen LogP contribution in [0.3, 0.4) is 0 Å². The Balaban J connectivity index is 2.69. The first-order valence-corrected chi connectivity index (χ1v) is 4.46. The number of aliphatic carboxylic acids is 1. The average molecular weight is 186 g/mol. The van der Waals surface area contributed by atoms with Crippen molar-refractivity contribution in [3.63, 3.8) is 0 Å². The van der Waals surface area contributed by atoms with Crippen LogP contribution in [0.2, 0.25) is 0 Å². The van der Waals surface area contributed by atoms with Gasteiger partial charge < -0.3 is 9.84 Å². The number of hydrogen-bond acceptors (Lipinski definition) is 3. The molecule has 0 aliphatic carbocycles. The molecule has 0 aromatic heterocycles. The average Bonchev–Trinajstić information content (AvgIpc) is 2.29. The van der Waals surface area contributed by atoms with Crippen LogP contribution in [0.15, 0.2) is 0 Å². The van der Waals surface area contributed by atoms with Crippen LogP contribution in [0.1, 0.15) is 33.1 Å². The molecule has 0 aromatic carbocycles. The molecule has 0 spiro atoms. The molecule has 13 heavy (non-hydrogen) atoms. The van der Waals surface area contributed by atoms with Crippen molar-refractivity contribution >= 4 is 11.9 Å². The standard InChI is InChI=1S/C9H14O4/c1-3-4-6-5-9(2,8(11)12)13-7(6)10/h6H,3-5H2,1-2H3,(H,11,12). The Kier molecular flexibility index (Phi) is 2.59. The minimum absolute atomic E-state index is 0.230. The van der Waals surface area contributed by atoms with Gasteiger partial charge in [-0.1, -0.05) is 13.3 Å². The molecule has 0 radical (unpaired) electrons. The number of rotatable bonds is 3. The van der Waals surface area contributed by atoms with E-state index in [1.807, 2.05) is 6.92 Å². The van der Waals surface area contributed by atoms with Gasteiger partial charge in [-0.2, -0.15) is 0 Å². The molecule has 0 amide bonds. The Morgan fingerprint density at radius 1 is 1.77 bits per heavy atom. The highest BCUT2D eigenvalue weighted by Gasteiger charge is 2.48. The SMILES string of the molecule is CCCC1CC(C)(C(=O)O)OC1=O. The minimum Gasteiger partial charge on any atom is -0.478 e. The maximum atomic E-state index is 11.2. The molecular weight excluding hydrogens is 172 g/mol. The number of cyclic esters (lactones) is 1. The molecule has 1 aliphatic heterocycles. The largest absolute Gasteiger partial charge is 0.478 e. The molecule has 1 heterocycles. The number of carbonyl (C=O) groups is 2. The van der Waals surface area contributed by atoms with Gasteiger partial charge in [0.25, 0.3) is 0 Å². The number of esters is 1. The summed E-state index contributed by atoms with van der Waals surface area (Å²) < 4.78 is 4.84. The van der Waals surface area contributed by atoms with E-state index in [0.29, 0.717) is 12.8 Å². The van der Waals surface area contributed by atoms with Gasteiger partial charge in [0.15, 0.2) is 0 Å². The molecule has 1 aliphatic rings. The van der Waals surface area contributed by atoms with Gasteiger partial charge >= 0.3 is 11.9 Å². The zero-order chi connectivity index (χ0) is 10.1. The van der Waals surface area contributed by atoms with Gasteiger partial charge in [0.1, 0.15) is 0 Å². The van der Waals surface area contributed by atoms with Gasteiger partial charge in [0.2, 0.25) is 5.60 Å². The molecule has 4 nitrogen and oxygen atoms in total. The van der Waals surface area contributed by atoms with Crippen molar-refractivity contribution < 1.29 is 19.4 Å². The third-order valence-corrected chi connectivity index (χ3v) is 2.38. The number of carbonyl (C=O) groups excluding carboxylic acids is 1. The van der Waals surface area contributed by atoms with Crippen LogP contribution in [0.5, 0.6) is 0 Å². The van der Waals surface area contributed by atoms with Crippen molar-refractivity contribution in [3.05, 3.63) is 0 Å². The van der Waals surface area contributed by atoms with E-state index >= 15 is 0 Å². The zero-order valence-corrected chi connectivity index (χ0v) is 7.87. The zero-order valence-electron chi connectivity index (χ0n) is 7.87. The molecule has 4 heteroatoms. The van der Waals surface area contributed by atoms with Gasteiger partial charge in [-0.25, -0.2) is 4.79 Å². The second-order valence-electron chi connectivity index (χ2n) is 3.65. The minimum atomic E-state index is -1.29. The first-order valence-electron chi connectivity index (χ1n) is 4.46. The third-order valence-electron chi connectivity index (χ3n) is 2.38. The molecule has 1 N–H and O–H groups in total. The van der Waals surface area contributed by atoms with Crippen molar-refractivity contribution in [2.24, 2.45) is 5.92 Å². The molecule has 2 unspecified atom stereocenters. The lowest BCUT2D eigenvalue weighted by molar-refractivity contribution is -0.167. The van der Waals surface area contributed by atoms with E-state index < -0.39 is 11.6 Å². The second kappa shape index (κ2) is 3.36. The summed E-state index contributed by atoms with van der Waals surface area (Å²) in [5.74, 6) is -1.66. The predicted molar refractivity (Wildman–Crippen MR) is 45.1 cm³/mol. The fourth-order valence-corrected chi connectivity index (χ4v) is 1.60. The van der Waals surface area contributed by atoms with E-state index in [4.69, 9.17) is 9.84 Å². The number of hydrogen-bond donors (Lipinski definition) is 1. The van der Waals surface area contributed by atoms with Crippen LogP contribution in [-0.2, 0) is 14.3 Å². The lowest BCUT2D eigenvalue weighted by Gasteiger charge is -2.15. The van der Waals surface area contributed by atoms with Crippen molar-refractivity contribution in [1.82, 2.24) is 0 Å². The summed E-state index contributed by atoms with van der Waals surface area (Å²) in [5.41, 5.74) is -1.29. The second-order valence-corrected chi connectivity index (χ2v) is 3.65. The summed E-state index contributed by atoms with van der Waals surface area (Å²) in [6, 6.07) is 0. The Hall–Kier alpha value is -1.06. The van der Waals surface area contributed by atoms with E-state index in [0.717, 1.165) is 6.42 Å². The van der Waals surface area contributed by atoms with Crippen molar-refractivity contribution in [3.8, 4) is 0 Å². The van der Waals surface area contributed by atoms with Gasteiger partial charge in [-0.3, -0.25) is 4.79 Å². The molecule has 0 bridgehead atoms. The van der Waals surface area contributed by atoms with Crippen LogP contribution >= 0.6 is 0 Å². The van der Waals surface area contributed by atoms with Gasteiger partial charge in [0, 0.05) is 6.42 Å². The summed E-state index contributed by atoms with van der Waals surface area (Å²) in [6.07, 6.45) is 1.88. The van der Waals surface area contributed by atoms with E-state index in [-0.39, 0.29) is 11.9 Å². The third kappa shape index (κ3) is 1.82. The molecule has 1 fully saturated rings. The van der Waals surface area contributed by atoms with Gasteiger partial charge in [0.05, 0.1) is 5.92 Å².